The van der Waals surface area contributed by atoms with Gasteiger partial charge in [-0.15, -0.1) is 0 Å². The first-order valence-electron chi connectivity index (χ1n) is 7.67. The lowest BCUT2D eigenvalue weighted by Gasteiger charge is -2.19. The largest absolute Gasteiger partial charge is 0.495 e. The molecule has 6 heteroatoms. The zero-order valence-corrected chi connectivity index (χ0v) is 14.7. The van der Waals surface area contributed by atoms with Crippen molar-refractivity contribution in [2.75, 3.05) is 23.9 Å². The van der Waals surface area contributed by atoms with Gasteiger partial charge in [-0.3, -0.25) is 4.79 Å². The highest BCUT2D eigenvalue weighted by Crippen LogP contribution is 2.28. The highest BCUT2D eigenvalue weighted by molar-refractivity contribution is 6.31. The van der Waals surface area contributed by atoms with Crippen molar-refractivity contribution >= 4 is 28.9 Å². The van der Waals surface area contributed by atoms with Crippen LogP contribution in [0, 0.1) is 11.3 Å². The van der Waals surface area contributed by atoms with Gasteiger partial charge in [0, 0.05) is 23.5 Å². The van der Waals surface area contributed by atoms with Crippen LogP contribution in [-0.2, 0) is 4.79 Å². The molecule has 0 fully saturated rings. The molecule has 0 heterocycles. The van der Waals surface area contributed by atoms with Crippen molar-refractivity contribution in [2.24, 2.45) is 0 Å². The molecule has 0 aromatic heterocycles. The third-order valence-electron chi connectivity index (χ3n) is 3.49. The van der Waals surface area contributed by atoms with Crippen LogP contribution in [0.15, 0.2) is 60.3 Å². The Hall–Kier alpha value is -2.97. The van der Waals surface area contributed by atoms with Gasteiger partial charge in [0.1, 0.15) is 17.4 Å². The minimum absolute atomic E-state index is 0.0206. The normalized spacial score (nSPS) is 10.7. The summed E-state index contributed by atoms with van der Waals surface area (Å²) in [5.41, 5.74) is 1.28. The van der Waals surface area contributed by atoms with Gasteiger partial charge < -0.3 is 15.0 Å². The van der Waals surface area contributed by atoms with Crippen LogP contribution in [0.25, 0.3) is 0 Å². The molecule has 0 aliphatic carbocycles. The molecule has 0 spiro atoms. The predicted octanol–water partition coefficient (Wildman–Crippen LogP) is 4.22. The zero-order chi connectivity index (χ0) is 18.2. The van der Waals surface area contributed by atoms with Crippen LogP contribution in [0.3, 0.4) is 0 Å². The summed E-state index contributed by atoms with van der Waals surface area (Å²) in [7, 11) is 1.49. The highest BCUT2D eigenvalue weighted by atomic mass is 35.5. The molecule has 1 N–H and O–H groups in total. The number of nitrogens with zero attached hydrogens (tertiary/aromatic N) is 2. The average molecular weight is 356 g/mol. The Morgan fingerprint density at radius 2 is 2.04 bits per heavy atom. The number of amides is 1. The first-order valence-corrected chi connectivity index (χ1v) is 8.05. The number of nitriles is 1. The number of carbonyl (C=O) groups is 1. The third kappa shape index (κ3) is 4.75. The smallest absolute Gasteiger partial charge is 0.267 e. The molecule has 0 saturated carbocycles. The SMILES string of the molecule is CCN(/C=C(/C#N)C(=O)Nc1cc(Cl)ccc1OC)c1ccccc1. The number of carbonyl (C=O) groups excluding carboxylic acids is 1. The Balaban J connectivity index is 2.27. The molecular weight excluding hydrogens is 338 g/mol. The molecule has 0 aliphatic heterocycles. The van der Waals surface area contributed by atoms with Gasteiger partial charge in [-0.25, -0.2) is 0 Å². The molecular formula is C19H18ClN3O2. The number of halogens is 1. The Morgan fingerprint density at radius 1 is 1.32 bits per heavy atom. The number of para-hydroxylation sites is 1. The summed E-state index contributed by atoms with van der Waals surface area (Å²) in [6.07, 6.45) is 1.53. The maximum atomic E-state index is 12.5. The van der Waals surface area contributed by atoms with Crippen molar-refractivity contribution in [3.05, 3.63) is 65.3 Å². The topological polar surface area (TPSA) is 65.4 Å². The van der Waals surface area contributed by atoms with Gasteiger partial charge in [0.05, 0.1) is 12.8 Å². The molecule has 0 unspecified atom stereocenters. The number of methoxy groups -OCH3 is 1. The van der Waals surface area contributed by atoms with Crippen LogP contribution in [0.4, 0.5) is 11.4 Å². The maximum Gasteiger partial charge on any atom is 0.267 e. The summed E-state index contributed by atoms with van der Waals surface area (Å²) in [5.74, 6) is -0.0668. The number of hydrogen-bond acceptors (Lipinski definition) is 4. The van der Waals surface area contributed by atoms with E-state index in [0.29, 0.717) is 23.0 Å². The second-order valence-electron chi connectivity index (χ2n) is 5.07. The van der Waals surface area contributed by atoms with E-state index in [1.165, 1.54) is 13.3 Å². The van der Waals surface area contributed by atoms with Crippen LogP contribution < -0.4 is 15.0 Å². The van der Waals surface area contributed by atoms with Crippen LogP contribution in [-0.4, -0.2) is 19.6 Å². The van der Waals surface area contributed by atoms with Gasteiger partial charge in [0.15, 0.2) is 0 Å². The van der Waals surface area contributed by atoms with Crippen LogP contribution in [0.1, 0.15) is 6.92 Å². The fraction of sp³-hybridized carbons (Fsp3) is 0.158. The molecule has 0 aliphatic rings. The molecule has 128 valence electrons. The molecule has 2 aromatic rings. The molecule has 0 saturated heterocycles. The second kappa shape index (κ2) is 8.76. The number of anilines is 2. The van der Waals surface area contributed by atoms with E-state index in [1.807, 2.05) is 48.2 Å². The van der Waals surface area contributed by atoms with E-state index in [2.05, 4.69) is 5.32 Å². The van der Waals surface area contributed by atoms with E-state index in [0.717, 1.165) is 5.69 Å². The second-order valence-corrected chi connectivity index (χ2v) is 5.51. The van der Waals surface area contributed by atoms with E-state index in [-0.39, 0.29) is 5.57 Å². The van der Waals surface area contributed by atoms with Crippen LogP contribution >= 0.6 is 11.6 Å². The van der Waals surface area contributed by atoms with E-state index in [1.54, 1.807) is 18.2 Å². The minimum atomic E-state index is -0.530. The lowest BCUT2D eigenvalue weighted by Crippen LogP contribution is -2.20. The van der Waals surface area contributed by atoms with Gasteiger partial charge in [0.2, 0.25) is 0 Å². The standard InChI is InChI=1S/C19H18ClN3O2/c1-3-23(16-7-5-4-6-8-16)13-14(12-21)19(24)22-17-11-15(20)9-10-18(17)25-2/h4-11,13H,3H2,1-2H3,(H,22,24)/b14-13-. The van der Waals surface area contributed by atoms with Crippen molar-refractivity contribution in [3.8, 4) is 11.8 Å². The number of hydrogen-bond donors (Lipinski definition) is 1. The lowest BCUT2D eigenvalue weighted by molar-refractivity contribution is -0.112. The molecule has 1 amide bonds. The van der Waals surface area contributed by atoms with E-state index in [9.17, 15) is 10.1 Å². The number of benzene rings is 2. The van der Waals surface area contributed by atoms with Gasteiger partial charge >= 0.3 is 0 Å². The van der Waals surface area contributed by atoms with E-state index in [4.69, 9.17) is 16.3 Å². The van der Waals surface area contributed by atoms with Crippen molar-refractivity contribution < 1.29 is 9.53 Å². The van der Waals surface area contributed by atoms with Crippen molar-refractivity contribution in [2.45, 2.75) is 6.92 Å². The van der Waals surface area contributed by atoms with E-state index >= 15 is 0 Å². The van der Waals surface area contributed by atoms with Crippen LogP contribution in [0.2, 0.25) is 5.02 Å². The van der Waals surface area contributed by atoms with Gasteiger partial charge in [-0.05, 0) is 37.3 Å². The monoisotopic (exact) mass is 355 g/mol. The molecule has 0 bridgehead atoms. The summed E-state index contributed by atoms with van der Waals surface area (Å²) < 4.78 is 5.20. The van der Waals surface area contributed by atoms with Crippen molar-refractivity contribution in [1.82, 2.24) is 0 Å². The van der Waals surface area contributed by atoms with Crippen LogP contribution in [0.5, 0.6) is 5.75 Å². The highest BCUT2D eigenvalue weighted by Gasteiger charge is 2.14. The van der Waals surface area contributed by atoms with Gasteiger partial charge in [-0.1, -0.05) is 29.8 Å². The summed E-state index contributed by atoms with van der Waals surface area (Å²) >= 11 is 5.96. The lowest BCUT2D eigenvalue weighted by atomic mass is 10.2. The molecule has 0 radical (unpaired) electrons. The Kier molecular flexibility index (Phi) is 6.44. The Bertz CT molecular complexity index is 813. The van der Waals surface area contributed by atoms with Crippen molar-refractivity contribution in [1.29, 1.82) is 5.26 Å². The quantitative estimate of drug-likeness (QED) is 0.622. The molecule has 5 nitrogen and oxygen atoms in total. The summed E-state index contributed by atoms with van der Waals surface area (Å²) in [4.78, 5) is 14.3. The van der Waals surface area contributed by atoms with Crippen molar-refractivity contribution in [3.63, 3.8) is 0 Å². The summed E-state index contributed by atoms with van der Waals surface area (Å²) in [5, 5.41) is 12.5. The molecule has 2 rings (SSSR count). The Labute approximate surface area is 152 Å². The average Bonchev–Trinajstić information content (AvgIpc) is 2.63. The molecule has 0 atom stereocenters. The van der Waals surface area contributed by atoms with Gasteiger partial charge in [-0.2, -0.15) is 5.26 Å². The fourth-order valence-corrected chi connectivity index (χ4v) is 2.40. The first kappa shape index (κ1) is 18.4. The molecule has 25 heavy (non-hydrogen) atoms. The fourth-order valence-electron chi connectivity index (χ4n) is 2.23. The Morgan fingerprint density at radius 3 is 2.64 bits per heavy atom. The summed E-state index contributed by atoms with van der Waals surface area (Å²) in [6.45, 7) is 2.55. The maximum absolute atomic E-state index is 12.5. The first-order chi connectivity index (χ1) is 12.1. The number of nitrogens with one attached hydrogen (secondary N) is 1. The zero-order valence-electron chi connectivity index (χ0n) is 14.0. The number of ether oxygens (including phenoxy) is 1. The third-order valence-corrected chi connectivity index (χ3v) is 3.72. The van der Waals surface area contributed by atoms with E-state index < -0.39 is 5.91 Å². The van der Waals surface area contributed by atoms with Gasteiger partial charge in [0.25, 0.3) is 5.91 Å². The molecule has 2 aromatic carbocycles. The summed E-state index contributed by atoms with van der Waals surface area (Å²) in [6, 6.07) is 16.3. The number of rotatable bonds is 6. The predicted molar refractivity (Wildman–Crippen MR) is 99.8 cm³/mol. The minimum Gasteiger partial charge on any atom is -0.495 e.